The summed E-state index contributed by atoms with van der Waals surface area (Å²) in [7, 11) is 0. The molecule has 1 amide bonds. The smallest absolute Gasteiger partial charge is 0.350 e. The Hall–Kier alpha value is -1.52. The Morgan fingerprint density at radius 1 is 1.20 bits per heavy atom. The zero-order valence-corrected chi connectivity index (χ0v) is 11.8. The number of hydrogen-bond acceptors (Lipinski definition) is 1. The third-order valence-corrected chi connectivity index (χ3v) is 3.09. The van der Waals surface area contributed by atoms with Gasteiger partial charge in [0.25, 0.3) is 5.91 Å². The maximum atomic E-state index is 12.4. The number of unbranched alkanes of at least 4 members (excludes halogenated alkanes) is 2. The van der Waals surface area contributed by atoms with E-state index >= 15 is 0 Å². The summed E-state index contributed by atoms with van der Waals surface area (Å²) >= 11 is 0. The molecule has 1 N–H and O–H groups in total. The van der Waals surface area contributed by atoms with E-state index in [1.807, 2.05) is 6.92 Å². The highest BCUT2D eigenvalue weighted by Gasteiger charge is 2.30. The molecule has 1 rings (SSSR count). The molecule has 1 atom stereocenters. The van der Waals surface area contributed by atoms with Crippen molar-refractivity contribution < 1.29 is 18.0 Å². The molecule has 2 nitrogen and oxygen atoms in total. The Balaban J connectivity index is 2.55. The number of hydrogen-bond donors (Lipinski definition) is 1. The third-order valence-electron chi connectivity index (χ3n) is 3.09. The Bertz CT molecular complexity index is 426. The van der Waals surface area contributed by atoms with Gasteiger partial charge in [0.15, 0.2) is 0 Å². The maximum Gasteiger partial charge on any atom is 0.416 e. The maximum absolute atomic E-state index is 12.4. The minimum Gasteiger partial charge on any atom is -0.350 e. The lowest BCUT2D eigenvalue weighted by atomic mass is 10.1. The largest absolute Gasteiger partial charge is 0.416 e. The molecule has 0 fully saturated rings. The van der Waals surface area contributed by atoms with Crippen LogP contribution in [0.3, 0.4) is 0 Å². The average Bonchev–Trinajstić information content (AvgIpc) is 2.38. The number of rotatable bonds is 6. The zero-order chi connectivity index (χ0) is 15.2. The first-order chi connectivity index (χ1) is 9.34. The number of halogens is 3. The molecule has 0 saturated heterocycles. The Morgan fingerprint density at radius 3 is 2.30 bits per heavy atom. The topological polar surface area (TPSA) is 29.1 Å². The molecule has 0 heterocycles. The molecule has 0 saturated carbocycles. The van der Waals surface area contributed by atoms with Gasteiger partial charge in [-0.15, -0.1) is 0 Å². The third kappa shape index (κ3) is 5.23. The van der Waals surface area contributed by atoms with Gasteiger partial charge in [0.2, 0.25) is 0 Å². The Morgan fingerprint density at radius 2 is 1.80 bits per heavy atom. The van der Waals surface area contributed by atoms with Gasteiger partial charge in [-0.25, -0.2) is 0 Å². The normalized spacial score (nSPS) is 13.1. The van der Waals surface area contributed by atoms with Gasteiger partial charge in [-0.3, -0.25) is 4.79 Å². The second kappa shape index (κ2) is 7.31. The van der Waals surface area contributed by atoms with Crippen molar-refractivity contribution in [3.8, 4) is 0 Å². The lowest BCUT2D eigenvalue weighted by Crippen LogP contribution is -2.32. The van der Waals surface area contributed by atoms with E-state index in [1.165, 1.54) is 12.1 Å². The summed E-state index contributed by atoms with van der Waals surface area (Å²) in [5, 5.41) is 2.79. The van der Waals surface area contributed by atoms with E-state index in [-0.39, 0.29) is 17.5 Å². The van der Waals surface area contributed by atoms with E-state index in [1.54, 1.807) is 0 Å². The molecular weight excluding hydrogens is 267 g/mol. The fourth-order valence-electron chi connectivity index (χ4n) is 1.89. The molecule has 1 aromatic carbocycles. The summed E-state index contributed by atoms with van der Waals surface area (Å²) < 4.78 is 37.2. The Labute approximate surface area is 117 Å². The molecular formula is C15H20F3NO. The van der Waals surface area contributed by atoms with Crippen LogP contribution in [0.25, 0.3) is 0 Å². The SMILES string of the molecule is CCCCC[C@@H](C)NC(=O)c1ccc(C(F)(F)F)cc1. The highest BCUT2D eigenvalue weighted by atomic mass is 19.4. The van der Waals surface area contributed by atoms with Crippen molar-refractivity contribution in [2.45, 2.75) is 51.7 Å². The van der Waals surface area contributed by atoms with Crippen LogP contribution in [0.1, 0.15) is 55.5 Å². The second-order valence-corrected chi connectivity index (χ2v) is 4.95. The lowest BCUT2D eigenvalue weighted by molar-refractivity contribution is -0.137. The van der Waals surface area contributed by atoms with Crippen LogP contribution in [0.15, 0.2) is 24.3 Å². The molecule has 0 aromatic heterocycles. The van der Waals surface area contributed by atoms with Gasteiger partial charge in [-0.2, -0.15) is 13.2 Å². The summed E-state index contributed by atoms with van der Waals surface area (Å²) in [6.07, 6.45) is -0.242. The second-order valence-electron chi connectivity index (χ2n) is 4.95. The number of benzene rings is 1. The van der Waals surface area contributed by atoms with Crippen molar-refractivity contribution in [3.05, 3.63) is 35.4 Å². The van der Waals surface area contributed by atoms with Crippen LogP contribution in [-0.2, 0) is 6.18 Å². The predicted octanol–water partition coefficient (Wildman–Crippen LogP) is 4.40. The molecule has 20 heavy (non-hydrogen) atoms. The van der Waals surface area contributed by atoms with E-state index in [9.17, 15) is 18.0 Å². The average molecular weight is 287 g/mol. The summed E-state index contributed by atoms with van der Waals surface area (Å²) in [5.74, 6) is -0.331. The monoisotopic (exact) mass is 287 g/mol. The molecule has 1 aromatic rings. The van der Waals surface area contributed by atoms with E-state index in [2.05, 4.69) is 12.2 Å². The first kappa shape index (κ1) is 16.5. The molecule has 0 radical (unpaired) electrons. The number of carbonyl (C=O) groups excluding carboxylic acids is 1. The van der Waals surface area contributed by atoms with Gasteiger partial charge in [-0.1, -0.05) is 26.2 Å². The molecule has 0 aliphatic rings. The lowest BCUT2D eigenvalue weighted by Gasteiger charge is -2.14. The minimum atomic E-state index is -4.37. The number of amides is 1. The summed E-state index contributed by atoms with van der Waals surface area (Å²) in [4.78, 5) is 11.9. The summed E-state index contributed by atoms with van der Waals surface area (Å²) in [6, 6.07) is 4.29. The number of alkyl halides is 3. The fourth-order valence-corrected chi connectivity index (χ4v) is 1.89. The van der Waals surface area contributed by atoms with Gasteiger partial charge in [0.05, 0.1) is 5.56 Å². The van der Waals surface area contributed by atoms with Crippen LogP contribution in [0.2, 0.25) is 0 Å². The van der Waals surface area contributed by atoms with Crippen LogP contribution in [-0.4, -0.2) is 11.9 Å². The summed E-state index contributed by atoms with van der Waals surface area (Å²) in [6.45, 7) is 4.00. The van der Waals surface area contributed by atoms with E-state index in [0.29, 0.717) is 0 Å². The molecule has 0 bridgehead atoms. The highest BCUT2D eigenvalue weighted by Crippen LogP contribution is 2.29. The molecule has 0 aliphatic carbocycles. The molecule has 0 unspecified atom stereocenters. The zero-order valence-electron chi connectivity index (χ0n) is 11.8. The van der Waals surface area contributed by atoms with Crippen molar-refractivity contribution in [1.29, 1.82) is 0 Å². The highest BCUT2D eigenvalue weighted by molar-refractivity contribution is 5.94. The van der Waals surface area contributed by atoms with Crippen LogP contribution in [0.4, 0.5) is 13.2 Å². The van der Waals surface area contributed by atoms with Gasteiger partial charge < -0.3 is 5.32 Å². The first-order valence-electron chi connectivity index (χ1n) is 6.82. The molecule has 0 aliphatic heterocycles. The molecule has 5 heteroatoms. The van der Waals surface area contributed by atoms with Crippen molar-refractivity contribution in [2.75, 3.05) is 0 Å². The first-order valence-corrected chi connectivity index (χ1v) is 6.82. The van der Waals surface area contributed by atoms with Gasteiger partial charge in [0.1, 0.15) is 0 Å². The molecule has 0 spiro atoms. The van der Waals surface area contributed by atoms with Crippen LogP contribution in [0, 0.1) is 0 Å². The van der Waals surface area contributed by atoms with Crippen molar-refractivity contribution in [2.24, 2.45) is 0 Å². The van der Waals surface area contributed by atoms with Crippen molar-refractivity contribution in [3.63, 3.8) is 0 Å². The van der Waals surface area contributed by atoms with Crippen LogP contribution >= 0.6 is 0 Å². The minimum absolute atomic E-state index is 0.0244. The number of nitrogens with one attached hydrogen (secondary N) is 1. The van der Waals surface area contributed by atoms with E-state index in [0.717, 1.165) is 37.8 Å². The number of carbonyl (C=O) groups is 1. The van der Waals surface area contributed by atoms with Gasteiger partial charge in [-0.05, 0) is 37.6 Å². The van der Waals surface area contributed by atoms with Crippen molar-refractivity contribution in [1.82, 2.24) is 5.32 Å². The predicted molar refractivity (Wildman–Crippen MR) is 72.5 cm³/mol. The van der Waals surface area contributed by atoms with E-state index in [4.69, 9.17) is 0 Å². The fraction of sp³-hybridized carbons (Fsp3) is 0.533. The van der Waals surface area contributed by atoms with Crippen LogP contribution < -0.4 is 5.32 Å². The Kier molecular flexibility index (Phi) is 6.05. The summed E-state index contributed by atoms with van der Waals surface area (Å²) in [5.41, 5.74) is -0.495. The van der Waals surface area contributed by atoms with Gasteiger partial charge in [0, 0.05) is 11.6 Å². The van der Waals surface area contributed by atoms with E-state index < -0.39 is 11.7 Å². The van der Waals surface area contributed by atoms with Crippen LogP contribution in [0.5, 0.6) is 0 Å². The molecule has 112 valence electrons. The standard InChI is InChI=1S/C15H20F3NO/c1-3-4-5-6-11(2)19-14(20)12-7-9-13(10-8-12)15(16,17)18/h7-11H,3-6H2,1-2H3,(H,19,20)/t11-/m1/s1. The quantitative estimate of drug-likeness (QED) is 0.772. The van der Waals surface area contributed by atoms with Crippen molar-refractivity contribution >= 4 is 5.91 Å². The van der Waals surface area contributed by atoms with Gasteiger partial charge >= 0.3 is 6.18 Å².